The Bertz CT molecular complexity index is 755. The van der Waals surface area contributed by atoms with Crippen molar-refractivity contribution in [3.05, 3.63) is 47.5 Å². The summed E-state index contributed by atoms with van der Waals surface area (Å²) in [6.45, 7) is 0.692. The highest BCUT2D eigenvalue weighted by atomic mass is 32.1. The van der Waals surface area contributed by atoms with Crippen LogP contribution in [-0.4, -0.2) is 19.2 Å². The molecule has 0 unspecified atom stereocenters. The number of hydrogen-bond donors (Lipinski definition) is 1. The van der Waals surface area contributed by atoms with E-state index in [1.54, 1.807) is 25.6 Å². The molecule has 5 heteroatoms. The van der Waals surface area contributed by atoms with Gasteiger partial charge >= 0.3 is 0 Å². The summed E-state index contributed by atoms with van der Waals surface area (Å²) in [4.78, 5) is 4.28. The van der Waals surface area contributed by atoms with Crippen LogP contribution >= 0.6 is 11.3 Å². The molecule has 21 heavy (non-hydrogen) atoms. The lowest BCUT2D eigenvalue weighted by atomic mass is 10.2. The number of aromatic nitrogens is 1. The standard InChI is InChI=1S/C16H16N2O2S/c1-19-13-5-3-11(15(8-13)20-2)9-17-12-4-6-14-16(7-12)21-10-18-14/h3-8,10,17H,9H2,1-2H3. The molecule has 0 atom stereocenters. The maximum Gasteiger partial charge on any atom is 0.127 e. The van der Waals surface area contributed by atoms with Gasteiger partial charge < -0.3 is 14.8 Å². The fourth-order valence-electron chi connectivity index (χ4n) is 2.16. The minimum atomic E-state index is 0.692. The van der Waals surface area contributed by atoms with E-state index in [9.17, 15) is 0 Å². The van der Waals surface area contributed by atoms with Crippen LogP contribution in [0.4, 0.5) is 5.69 Å². The number of ether oxygens (including phenoxy) is 2. The highest BCUT2D eigenvalue weighted by molar-refractivity contribution is 7.16. The lowest BCUT2D eigenvalue weighted by molar-refractivity contribution is 0.391. The van der Waals surface area contributed by atoms with Crippen molar-refractivity contribution in [2.75, 3.05) is 19.5 Å². The van der Waals surface area contributed by atoms with Gasteiger partial charge in [-0.15, -0.1) is 11.3 Å². The van der Waals surface area contributed by atoms with Gasteiger partial charge in [0, 0.05) is 23.9 Å². The zero-order chi connectivity index (χ0) is 14.7. The van der Waals surface area contributed by atoms with Gasteiger partial charge in [0.15, 0.2) is 0 Å². The fourth-order valence-corrected chi connectivity index (χ4v) is 2.88. The molecular formula is C16H16N2O2S. The van der Waals surface area contributed by atoms with Crippen LogP contribution in [0.3, 0.4) is 0 Å². The van der Waals surface area contributed by atoms with Crippen molar-refractivity contribution < 1.29 is 9.47 Å². The van der Waals surface area contributed by atoms with E-state index in [1.165, 1.54) is 4.70 Å². The van der Waals surface area contributed by atoms with E-state index in [0.29, 0.717) is 6.54 Å². The molecule has 1 N–H and O–H groups in total. The van der Waals surface area contributed by atoms with Crippen molar-refractivity contribution in [3.8, 4) is 11.5 Å². The van der Waals surface area contributed by atoms with Gasteiger partial charge in [-0.1, -0.05) is 0 Å². The molecule has 2 aromatic carbocycles. The van der Waals surface area contributed by atoms with E-state index in [4.69, 9.17) is 9.47 Å². The van der Waals surface area contributed by atoms with Crippen LogP contribution in [-0.2, 0) is 6.54 Å². The van der Waals surface area contributed by atoms with Crippen molar-refractivity contribution >= 4 is 27.2 Å². The van der Waals surface area contributed by atoms with Crippen LogP contribution in [0.15, 0.2) is 41.9 Å². The molecule has 0 fully saturated rings. The monoisotopic (exact) mass is 300 g/mol. The van der Waals surface area contributed by atoms with Gasteiger partial charge in [-0.2, -0.15) is 0 Å². The van der Waals surface area contributed by atoms with Crippen LogP contribution in [0, 0.1) is 0 Å². The summed E-state index contributed by atoms with van der Waals surface area (Å²) in [6, 6.07) is 12.0. The first-order valence-electron chi connectivity index (χ1n) is 6.58. The van der Waals surface area contributed by atoms with E-state index in [0.717, 1.165) is 28.3 Å². The molecule has 0 radical (unpaired) electrons. The lowest BCUT2D eigenvalue weighted by Crippen LogP contribution is -2.02. The normalized spacial score (nSPS) is 10.6. The summed E-state index contributed by atoms with van der Waals surface area (Å²) in [5, 5.41) is 3.41. The molecule has 0 saturated carbocycles. The minimum absolute atomic E-state index is 0.692. The van der Waals surface area contributed by atoms with Gasteiger partial charge in [0.1, 0.15) is 11.5 Å². The van der Waals surface area contributed by atoms with Gasteiger partial charge in [-0.05, 0) is 30.3 Å². The molecule has 1 heterocycles. The number of fused-ring (bicyclic) bond motifs is 1. The SMILES string of the molecule is COc1ccc(CNc2ccc3ncsc3c2)c(OC)c1. The molecule has 3 rings (SSSR count). The van der Waals surface area contributed by atoms with Gasteiger partial charge in [-0.3, -0.25) is 0 Å². The summed E-state index contributed by atoms with van der Waals surface area (Å²) in [5.41, 5.74) is 5.06. The Morgan fingerprint density at radius 1 is 1.10 bits per heavy atom. The molecule has 108 valence electrons. The van der Waals surface area contributed by atoms with E-state index in [1.807, 2.05) is 35.8 Å². The molecule has 3 aromatic rings. The Balaban J connectivity index is 1.77. The van der Waals surface area contributed by atoms with Crippen molar-refractivity contribution in [1.29, 1.82) is 0 Å². The summed E-state index contributed by atoms with van der Waals surface area (Å²) >= 11 is 1.64. The summed E-state index contributed by atoms with van der Waals surface area (Å²) in [5.74, 6) is 1.61. The average molecular weight is 300 g/mol. The highest BCUT2D eigenvalue weighted by Crippen LogP contribution is 2.26. The van der Waals surface area contributed by atoms with Crippen molar-refractivity contribution in [1.82, 2.24) is 4.98 Å². The molecule has 1 aromatic heterocycles. The number of nitrogens with zero attached hydrogens (tertiary/aromatic N) is 1. The van der Waals surface area contributed by atoms with Gasteiger partial charge in [0.05, 0.1) is 29.9 Å². The summed E-state index contributed by atoms with van der Waals surface area (Å²) in [7, 11) is 3.32. The van der Waals surface area contributed by atoms with Crippen LogP contribution in [0.25, 0.3) is 10.2 Å². The zero-order valence-corrected chi connectivity index (χ0v) is 12.7. The Labute approximate surface area is 127 Å². The predicted molar refractivity (Wildman–Crippen MR) is 86.5 cm³/mol. The number of methoxy groups -OCH3 is 2. The van der Waals surface area contributed by atoms with Crippen LogP contribution in [0.5, 0.6) is 11.5 Å². The van der Waals surface area contributed by atoms with Crippen molar-refractivity contribution in [2.24, 2.45) is 0 Å². The molecule has 0 amide bonds. The summed E-state index contributed by atoms with van der Waals surface area (Å²) in [6.07, 6.45) is 0. The predicted octanol–water partition coefficient (Wildman–Crippen LogP) is 3.93. The molecule has 0 aliphatic rings. The van der Waals surface area contributed by atoms with Crippen molar-refractivity contribution in [2.45, 2.75) is 6.54 Å². The number of nitrogens with one attached hydrogen (secondary N) is 1. The molecule has 0 bridgehead atoms. The Hall–Kier alpha value is -2.27. The molecule has 0 aliphatic heterocycles. The topological polar surface area (TPSA) is 43.4 Å². The van der Waals surface area contributed by atoms with E-state index in [2.05, 4.69) is 16.4 Å². The number of thiazole rings is 1. The largest absolute Gasteiger partial charge is 0.497 e. The third-order valence-corrected chi connectivity index (χ3v) is 4.10. The molecule has 0 spiro atoms. The average Bonchev–Trinajstić information content (AvgIpc) is 3.00. The number of hydrogen-bond acceptors (Lipinski definition) is 5. The third-order valence-electron chi connectivity index (χ3n) is 3.31. The van der Waals surface area contributed by atoms with E-state index < -0.39 is 0 Å². The minimum Gasteiger partial charge on any atom is -0.497 e. The van der Waals surface area contributed by atoms with Crippen LogP contribution < -0.4 is 14.8 Å². The van der Waals surface area contributed by atoms with Crippen molar-refractivity contribution in [3.63, 3.8) is 0 Å². The first kappa shape index (κ1) is 13.7. The summed E-state index contributed by atoms with van der Waals surface area (Å²) < 4.78 is 11.8. The molecular weight excluding hydrogens is 284 g/mol. The second-order valence-corrected chi connectivity index (χ2v) is 5.45. The number of anilines is 1. The van der Waals surface area contributed by atoms with Crippen LogP contribution in [0.1, 0.15) is 5.56 Å². The van der Waals surface area contributed by atoms with Gasteiger partial charge in [0.25, 0.3) is 0 Å². The van der Waals surface area contributed by atoms with Gasteiger partial charge in [-0.25, -0.2) is 4.98 Å². The zero-order valence-electron chi connectivity index (χ0n) is 11.9. The Morgan fingerprint density at radius 3 is 2.81 bits per heavy atom. The second kappa shape index (κ2) is 6.01. The smallest absolute Gasteiger partial charge is 0.127 e. The van der Waals surface area contributed by atoms with E-state index >= 15 is 0 Å². The van der Waals surface area contributed by atoms with E-state index in [-0.39, 0.29) is 0 Å². The fraction of sp³-hybridized carbons (Fsp3) is 0.188. The maximum atomic E-state index is 5.41. The molecule has 0 aliphatic carbocycles. The molecule has 4 nitrogen and oxygen atoms in total. The number of benzene rings is 2. The molecule has 0 saturated heterocycles. The van der Waals surface area contributed by atoms with Gasteiger partial charge in [0.2, 0.25) is 0 Å². The highest BCUT2D eigenvalue weighted by Gasteiger charge is 2.05. The quantitative estimate of drug-likeness (QED) is 0.775. The number of rotatable bonds is 5. The Kier molecular flexibility index (Phi) is 3.92. The lowest BCUT2D eigenvalue weighted by Gasteiger charge is -2.12. The third kappa shape index (κ3) is 2.92. The first-order chi connectivity index (χ1) is 10.3. The second-order valence-electron chi connectivity index (χ2n) is 4.57. The maximum absolute atomic E-state index is 5.41. The Morgan fingerprint density at radius 2 is 2.00 bits per heavy atom. The van der Waals surface area contributed by atoms with Crippen LogP contribution in [0.2, 0.25) is 0 Å². The first-order valence-corrected chi connectivity index (χ1v) is 7.46.